The first kappa shape index (κ1) is 15.2. The molecule has 0 rings (SSSR count). The van der Waals surface area contributed by atoms with Crippen molar-refractivity contribution >= 4 is 5.97 Å². The molecule has 16 heavy (non-hydrogen) atoms. The lowest BCUT2D eigenvalue weighted by Crippen LogP contribution is -1.97. The Bertz CT molecular complexity index is 190. The number of carboxylic acids is 1. The zero-order valence-electron chi connectivity index (χ0n) is 10.2. The minimum Gasteiger partial charge on any atom is -0.478 e. The van der Waals surface area contributed by atoms with Gasteiger partial charge in [-0.05, 0) is 25.8 Å². The van der Waals surface area contributed by atoms with Crippen LogP contribution in [-0.4, -0.2) is 17.6 Å². The van der Waals surface area contributed by atoms with Crippen LogP contribution in [-0.2, 0) is 4.79 Å². The fourth-order valence-electron chi connectivity index (χ4n) is 1.65. The van der Waals surface area contributed by atoms with E-state index in [1.807, 2.05) is 0 Å². The number of hydrogen-bond donors (Lipinski definition) is 2. The van der Waals surface area contributed by atoms with E-state index in [9.17, 15) is 4.79 Å². The van der Waals surface area contributed by atoms with Crippen LogP contribution in [0.5, 0.6) is 0 Å². The van der Waals surface area contributed by atoms with Crippen molar-refractivity contribution in [2.24, 2.45) is 5.73 Å². The molecule has 0 aliphatic carbocycles. The summed E-state index contributed by atoms with van der Waals surface area (Å²) in [6.07, 6.45) is 13.8. The van der Waals surface area contributed by atoms with E-state index >= 15 is 0 Å². The normalized spacial score (nSPS) is 11.1. The maximum absolute atomic E-state index is 10.2. The highest BCUT2D eigenvalue weighted by molar-refractivity contribution is 5.79. The molecule has 0 spiro atoms. The number of carbonyl (C=O) groups is 1. The van der Waals surface area contributed by atoms with Gasteiger partial charge in [-0.15, -0.1) is 0 Å². The van der Waals surface area contributed by atoms with Crippen LogP contribution in [0.1, 0.15) is 57.8 Å². The first-order chi connectivity index (χ1) is 7.77. The molecule has 94 valence electrons. The Morgan fingerprint density at radius 1 is 0.938 bits per heavy atom. The molecular formula is C13H25NO2. The molecule has 0 saturated heterocycles. The Labute approximate surface area is 98.7 Å². The zero-order valence-corrected chi connectivity index (χ0v) is 10.2. The zero-order chi connectivity index (χ0) is 12.1. The SMILES string of the molecule is NCCCCCCCCCCC=CC(=O)O. The van der Waals surface area contributed by atoms with Gasteiger partial charge in [0.1, 0.15) is 0 Å². The smallest absolute Gasteiger partial charge is 0.327 e. The van der Waals surface area contributed by atoms with E-state index in [4.69, 9.17) is 10.8 Å². The third-order valence-electron chi connectivity index (χ3n) is 2.59. The molecule has 3 N–H and O–H groups in total. The topological polar surface area (TPSA) is 63.3 Å². The predicted molar refractivity (Wildman–Crippen MR) is 67.4 cm³/mol. The van der Waals surface area contributed by atoms with Crippen molar-refractivity contribution in [3.8, 4) is 0 Å². The fourth-order valence-corrected chi connectivity index (χ4v) is 1.65. The van der Waals surface area contributed by atoms with Gasteiger partial charge in [0, 0.05) is 6.08 Å². The van der Waals surface area contributed by atoms with E-state index in [-0.39, 0.29) is 0 Å². The van der Waals surface area contributed by atoms with Crippen LogP contribution in [0, 0.1) is 0 Å². The summed E-state index contributed by atoms with van der Waals surface area (Å²) in [5.74, 6) is -0.847. The molecule has 0 unspecified atom stereocenters. The van der Waals surface area contributed by atoms with Gasteiger partial charge < -0.3 is 10.8 Å². The number of carboxylic acid groups (broad SMARTS) is 1. The Morgan fingerprint density at radius 3 is 1.94 bits per heavy atom. The summed E-state index contributed by atoms with van der Waals surface area (Å²) in [5.41, 5.74) is 5.41. The molecular weight excluding hydrogens is 202 g/mol. The van der Waals surface area contributed by atoms with Crippen LogP contribution >= 0.6 is 0 Å². The van der Waals surface area contributed by atoms with Gasteiger partial charge in [-0.25, -0.2) is 4.79 Å². The second-order valence-electron chi connectivity index (χ2n) is 4.15. The molecule has 0 aliphatic heterocycles. The molecule has 0 fully saturated rings. The molecule has 0 aromatic heterocycles. The number of allylic oxidation sites excluding steroid dienone is 1. The fraction of sp³-hybridized carbons (Fsp3) is 0.769. The summed E-state index contributed by atoms with van der Waals surface area (Å²) in [5, 5.41) is 8.36. The van der Waals surface area contributed by atoms with E-state index < -0.39 is 5.97 Å². The van der Waals surface area contributed by atoms with Crippen LogP contribution < -0.4 is 5.73 Å². The summed E-state index contributed by atoms with van der Waals surface area (Å²) < 4.78 is 0. The van der Waals surface area contributed by atoms with Crippen LogP contribution in [0.25, 0.3) is 0 Å². The van der Waals surface area contributed by atoms with Crippen molar-refractivity contribution in [1.29, 1.82) is 0 Å². The van der Waals surface area contributed by atoms with Gasteiger partial charge >= 0.3 is 5.97 Å². The highest BCUT2D eigenvalue weighted by atomic mass is 16.4. The number of aliphatic carboxylic acids is 1. The average molecular weight is 227 g/mol. The van der Waals surface area contributed by atoms with Crippen molar-refractivity contribution in [3.63, 3.8) is 0 Å². The second-order valence-corrected chi connectivity index (χ2v) is 4.15. The van der Waals surface area contributed by atoms with Crippen LogP contribution in [0.4, 0.5) is 0 Å². The molecule has 0 aliphatic rings. The second kappa shape index (κ2) is 12.2. The van der Waals surface area contributed by atoms with E-state index in [2.05, 4.69) is 0 Å². The third kappa shape index (κ3) is 13.2. The standard InChI is InChI=1S/C13H25NO2/c14-12-10-8-6-4-2-1-3-5-7-9-11-13(15)16/h9,11H,1-8,10,12,14H2,(H,15,16). The Morgan fingerprint density at radius 2 is 1.44 bits per heavy atom. The first-order valence-electron chi connectivity index (χ1n) is 6.37. The van der Waals surface area contributed by atoms with E-state index in [0.717, 1.165) is 25.8 Å². The van der Waals surface area contributed by atoms with Crippen molar-refractivity contribution in [2.45, 2.75) is 57.8 Å². The summed E-state index contributed by atoms with van der Waals surface area (Å²) in [6.45, 7) is 0.815. The average Bonchev–Trinajstić information content (AvgIpc) is 2.25. The van der Waals surface area contributed by atoms with Gasteiger partial charge in [-0.1, -0.05) is 44.6 Å². The molecule has 0 atom stereocenters. The van der Waals surface area contributed by atoms with Crippen molar-refractivity contribution in [3.05, 3.63) is 12.2 Å². The van der Waals surface area contributed by atoms with Gasteiger partial charge in [0.15, 0.2) is 0 Å². The predicted octanol–water partition coefficient (Wildman–Crippen LogP) is 3.10. The van der Waals surface area contributed by atoms with Gasteiger partial charge in [-0.2, -0.15) is 0 Å². The number of unbranched alkanes of at least 4 members (excludes halogenated alkanes) is 8. The van der Waals surface area contributed by atoms with Gasteiger partial charge in [0.2, 0.25) is 0 Å². The lowest BCUT2D eigenvalue weighted by molar-refractivity contribution is -0.131. The molecule has 0 radical (unpaired) electrons. The maximum Gasteiger partial charge on any atom is 0.327 e. The molecule has 0 saturated carbocycles. The highest BCUT2D eigenvalue weighted by Crippen LogP contribution is 2.09. The van der Waals surface area contributed by atoms with E-state index in [0.29, 0.717) is 0 Å². The summed E-state index contributed by atoms with van der Waals surface area (Å²) in [6, 6.07) is 0. The maximum atomic E-state index is 10.2. The molecule has 3 heteroatoms. The first-order valence-corrected chi connectivity index (χ1v) is 6.37. The summed E-state index contributed by atoms with van der Waals surface area (Å²) in [7, 11) is 0. The largest absolute Gasteiger partial charge is 0.478 e. The summed E-state index contributed by atoms with van der Waals surface area (Å²) in [4.78, 5) is 10.2. The molecule has 0 heterocycles. The molecule has 3 nitrogen and oxygen atoms in total. The number of rotatable bonds is 11. The molecule has 0 bridgehead atoms. The Hall–Kier alpha value is -0.830. The lowest BCUT2D eigenvalue weighted by atomic mass is 10.1. The highest BCUT2D eigenvalue weighted by Gasteiger charge is 1.91. The van der Waals surface area contributed by atoms with Gasteiger partial charge in [0.05, 0.1) is 0 Å². The monoisotopic (exact) mass is 227 g/mol. The van der Waals surface area contributed by atoms with Crippen molar-refractivity contribution in [1.82, 2.24) is 0 Å². The van der Waals surface area contributed by atoms with Crippen molar-refractivity contribution < 1.29 is 9.90 Å². The third-order valence-corrected chi connectivity index (χ3v) is 2.59. The van der Waals surface area contributed by atoms with Crippen LogP contribution in [0.3, 0.4) is 0 Å². The van der Waals surface area contributed by atoms with Crippen LogP contribution in [0.15, 0.2) is 12.2 Å². The lowest BCUT2D eigenvalue weighted by Gasteiger charge is -2.00. The number of hydrogen-bond acceptors (Lipinski definition) is 2. The minimum absolute atomic E-state index is 0.815. The van der Waals surface area contributed by atoms with Crippen LogP contribution in [0.2, 0.25) is 0 Å². The number of nitrogens with two attached hydrogens (primary N) is 1. The Balaban J connectivity index is 3.01. The quantitative estimate of drug-likeness (QED) is 0.421. The summed E-state index contributed by atoms with van der Waals surface area (Å²) >= 11 is 0. The van der Waals surface area contributed by atoms with E-state index in [1.165, 1.54) is 44.6 Å². The Kier molecular flexibility index (Phi) is 11.6. The van der Waals surface area contributed by atoms with Crippen molar-refractivity contribution in [2.75, 3.05) is 6.54 Å². The molecule has 0 aromatic carbocycles. The molecule has 0 aromatic rings. The minimum atomic E-state index is -0.847. The van der Waals surface area contributed by atoms with Gasteiger partial charge in [-0.3, -0.25) is 0 Å². The van der Waals surface area contributed by atoms with Gasteiger partial charge in [0.25, 0.3) is 0 Å². The van der Waals surface area contributed by atoms with E-state index in [1.54, 1.807) is 6.08 Å². The molecule has 0 amide bonds.